The molecule has 2 atom stereocenters. The number of fused-ring (bicyclic) bond motifs is 11. The van der Waals surface area contributed by atoms with Crippen LogP contribution in [-0.4, -0.2) is 9.13 Å². The second kappa shape index (κ2) is 7.34. The average Bonchev–Trinajstić information content (AvgIpc) is 3.44. The minimum Gasteiger partial charge on any atom is -0.456 e. The summed E-state index contributed by atoms with van der Waals surface area (Å²) in [6, 6.07) is 39.4. The number of allylic oxidation sites excluding steroid dienone is 1. The van der Waals surface area contributed by atoms with Gasteiger partial charge in [-0.15, -0.1) is 0 Å². The van der Waals surface area contributed by atoms with Crippen molar-refractivity contribution in [1.29, 1.82) is 0 Å². The maximum atomic E-state index is 6.59. The van der Waals surface area contributed by atoms with Crippen LogP contribution in [0.15, 0.2) is 120 Å². The second-order valence-corrected chi connectivity index (χ2v) is 11.3. The summed E-state index contributed by atoms with van der Waals surface area (Å²) >= 11 is 0. The first kappa shape index (κ1) is 20.9. The summed E-state index contributed by atoms with van der Waals surface area (Å²) in [5.74, 6) is 1.38. The van der Waals surface area contributed by atoms with Crippen molar-refractivity contribution in [2.24, 2.45) is 5.92 Å². The Morgan fingerprint density at radius 2 is 1.10 bits per heavy atom. The molecular weight excluding hydrogens is 488 g/mol. The molecule has 3 heterocycles. The van der Waals surface area contributed by atoms with Gasteiger partial charge in [0.2, 0.25) is 0 Å². The van der Waals surface area contributed by atoms with Gasteiger partial charge in [0, 0.05) is 50.4 Å². The number of nitrogens with zero attached hydrogens (tertiary/aromatic N) is 2. The Morgan fingerprint density at radius 1 is 0.550 bits per heavy atom. The number of furan rings is 1. The summed E-state index contributed by atoms with van der Waals surface area (Å²) in [5, 5.41) is 6.21. The standard InChI is InChI=1S/C37H24N2O/c1-4-10-31-25(7-1)26-8-2-5-11-32(26)38(31)23-14-16-27-28-17-15-24(21-36(28)40-35(27)20-23)39-33-12-6-3-9-29(33)37-30-19-22(30)13-18-34(37)39/h1-18,20-22,30H,19H2. The Morgan fingerprint density at radius 3 is 1.75 bits per heavy atom. The minimum absolute atomic E-state index is 0.667. The predicted molar refractivity (Wildman–Crippen MR) is 165 cm³/mol. The summed E-state index contributed by atoms with van der Waals surface area (Å²) in [6.07, 6.45) is 6.01. The molecule has 188 valence electrons. The van der Waals surface area contributed by atoms with E-state index in [0.29, 0.717) is 11.8 Å². The number of rotatable bonds is 2. The highest BCUT2D eigenvalue weighted by Crippen LogP contribution is 2.55. The molecule has 1 saturated carbocycles. The molecule has 8 aromatic rings. The van der Waals surface area contributed by atoms with E-state index in [-0.39, 0.29) is 0 Å². The molecule has 2 aliphatic rings. The van der Waals surface area contributed by atoms with Crippen molar-refractivity contribution in [3.8, 4) is 11.4 Å². The van der Waals surface area contributed by atoms with Crippen LogP contribution in [0.4, 0.5) is 0 Å². The molecule has 0 aliphatic heterocycles. The zero-order valence-electron chi connectivity index (χ0n) is 21.7. The number of aromatic nitrogens is 2. The third-order valence-corrected chi connectivity index (χ3v) is 9.20. The molecule has 0 N–H and O–H groups in total. The minimum atomic E-state index is 0.667. The quantitative estimate of drug-likeness (QED) is 0.226. The first-order chi connectivity index (χ1) is 19.8. The molecule has 0 amide bonds. The summed E-state index contributed by atoms with van der Waals surface area (Å²) in [7, 11) is 0. The largest absolute Gasteiger partial charge is 0.456 e. The van der Waals surface area contributed by atoms with Crippen LogP contribution in [0.1, 0.15) is 23.6 Å². The Kier molecular flexibility index (Phi) is 3.83. The van der Waals surface area contributed by atoms with Crippen LogP contribution < -0.4 is 0 Å². The van der Waals surface area contributed by atoms with Crippen molar-refractivity contribution in [1.82, 2.24) is 9.13 Å². The van der Waals surface area contributed by atoms with Gasteiger partial charge in [-0.3, -0.25) is 0 Å². The van der Waals surface area contributed by atoms with E-state index in [1.54, 1.807) is 0 Å². The Hall–Kier alpha value is -5.02. The lowest BCUT2D eigenvalue weighted by atomic mass is 10.0. The number of benzene rings is 5. The zero-order chi connectivity index (χ0) is 25.9. The fourth-order valence-corrected chi connectivity index (χ4v) is 7.32. The Bertz CT molecular complexity index is 2320. The van der Waals surface area contributed by atoms with Gasteiger partial charge < -0.3 is 13.6 Å². The molecule has 0 saturated heterocycles. The molecule has 10 rings (SSSR count). The Balaban J connectivity index is 1.18. The SMILES string of the molecule is C1=CC2CC2c2c1n(-c1ccc3c(c1)oc1cc(-n4c5ccccc5c5ccccc54)ccc13)c1ccccc21. The molecule has 3 heteroatoms. The topological polar surface area (TPSA) is 23.0 Å². The van der Waals surface area contributed by atoms with Crippen molar-refractivity contribution in [2.45, 2.75) is 12.3 Å². The van der Waals surface area contributed by atoms with E-state index in [2.05, 4.69) is 130 Å². The Labute approximate surface area is 230 Å². The average molecular weight is 513 g/mol. The van der Waals surface area contributed by atoms with Crippen molar-refractivity contribution >= 4 is 60.7 Å². The van der Waals surface area contributed by atoms with Gasteiger partial charge in [-0.05, 0) is 72.4 Å². The summed E-state index contributed by atoms with van der Waals surface area (Å²) in [6.45, 7) is 0. The highest BCUT2D eigenvalue weighted by atomic mass is 16.3. The summed E-state index contributed by atoms with van der Waals surface area (Å²) in [5.41, 5.74) is 10.6. The molecule has 3 aromatic heterocycles. The molecule has 3 nitrogen and oxygen atoms in total. The fourth-order valence-electron chi connectivity index (χ4n) is 7.32. The van der Waals surface area contributed by atoms with E-state index in [0.717, 1.165) is 33.3 Å². The second-order valence-electron chi connectivity index (χ2n) is 11.3. The number of hydrogen-bond donors (Lipinski definition) is 0. The van der Waals surface area contributed by atoms with E-state index in [1.165, 1.54) is 50.4 Å². The predicted octanol–water partition coefficient (Wildman–Crippen LogP) is 9.76. The van der Waals surface area contributed by atoms with Gasteiger partial charge in [0.15, 0.2) is 0 Å². The van der Waals surface area contributed by atoms with E-state index in [1.807, 2.05) is 0 Å². The lowest BCUT2D eigenvalue weighted by molar-refractivity contribution is 0.668. The zero-order valence-corrected chi connectivity index (χ0v) is 21.7. The monoisotopic (exact) mass is 512 g/mol. The third-order valence-electron chi connectivity index (χ3n) is 9.20. The van der Waals surface area contributed by atoms with Gasteiger partial charge in [0.25, 0.3) is 0 Å². The molecule has 5 aromatic carbocycles. The molecule has 2 aliphatic carbocycles. The van der Waals surface area contributed by atoms with Crippen LogP contribution in [0, 0.1) is 5.92 Å². The van der Waals surface area contributed by atoms with Crippen molar-refractivity contribution in [2.75, 3.05) is 0 Å². The van der Waals surface area contributed by atoms with Crippen molar-refractivity contribution in [3.05, 3.63) is 127 Å². The van der Waals surface area contributed by atoms with Crippen LogP contribution >= 0.6 is 0 Å². The van der Waals surface area contributed by atoms with E-state index >= 15 is 0 Å². The maximum absolute atomic E-state index is 6.59. The molecular formula is C37H24N2O. The maximum Gasteiger partial charge on any atom is 0.137 e. The lowest BCUT2D eigenvalue weighted by Crippen LogP contribution is -1.99. The number of para-hydroxylation sites is 3. The van der Waals surface area contributed by atoms with Gasteiger partial charge in [-0.1, -0.05) is 60.7 Å². The van der Waals surface area contributed by atoms with Crippen LogP contribution in [0.3, 0.4) is 0 Å². The van der Waals surface area contributed by atoms with Crippen LogP contribution in [0.5, 0.6) is 0 Å². The van der Waals surface area contributed by atoms with Crippen molar-refractivity contribution < 1.29 is 4.42 Å². The van der Waals surface area contributed by atoms with Gasteiger partial charge in [0.1, 0.15) is 11.2 Å². The molecule has 0 bridgehead atoms. The van der Waals surface area contributed by atoms with Gasteiger partial charge in [-0.2, -0.15) is 0 Å². The van der Waals surface area contributed by atoms with Crippen molar-refractivity contribution in [3.63, 3.8) is 0 Å². The molecule has 40 heavy (non-hydrogen) atoms. The normalized spacial score (nSPS) is 17.8. The molecule has 1 fully saturated rings. The first-order valence-corrected chi connectivity index (χ1v) is 14.1. The van der Waals surface area contributed by atoms with Crippen LogP contribution in [0.2, 0.25) is 0 Å². The molecule has 0 spiro atoms. The lowest BCUT2D eigenvalue weighted by Gasteiger charge is -2.11. The highest BCUT2D eigenvalue weighted by Gasteiger charge is 2.42. The summed E-state index contributed by atoms with van der Waals surface area (Å²) in [4.78, 5) is 0. The fraction of sp³-hybridized carbons (Fsp3) is 0.0811. The van der Waals surface area contributed by atoms with Gasteiger partial charge in [-0.25, -0.2) is 0 Å². The van der Waals surface area contributed by atoms with Gasteiger partial charge >= 0.3 is 0 Å². The summed E-state index contributed by atoms with van der Waals surface area (Å²) < 4.78 is 11.4. The smallest absolute Gasteiger partial charge is 0.137 e. The van der Waals surface area contributed by atoms with E-state index < -0.39 is 0 Å². The van der Waals surface area contributed by atoms with Gasteiger partial charge in [0.05, 0.1) is 22.2 Å². The highest BCUT2D eigenvalue weighted by molar-refractivity contribution is 6.10. The van der Waals surface area contributed by atoms with E-state index in [4.69, 9.17) is 4.42 Å². The third kappa shape index (κ3) is 2.64. The first-order valence-electron chi connectivity index (χ1n) is 14.1. The van der Waals surface area contributed by atoms with Crippen LogP contribution in [-0.2, 0) is 0 Å². The van der Waals surface area contributed by atoms with E-state index in [9.17, 15) is 0 Å². The van der Waals surface area contributed by atoms with Crippen LogP contribution in [0.25, 0.3) is 72.1 Å². The molecule has 0 radical (unpaired) electrons. The molecule has 2 unspecified atom stereocenters. The number of hydrogen-bond acceptors (Lipinski definition) is 1.